The van der Waals surface area contributed by atoms with Crippen molar-refractivity contribution >= 4 is 65.1 Å². The molecule has 0 fully saturated rings. The zero-order chi connectivity index (χ0) is 59.3. The normalized spacial score (nSPS) is 14.5. The van der Waals surface area contributed by atoms with Crippen LogP contribution in [0.4, 0.5) is 0 Å². The largest absolute Gasteiger partial charge is 0.480 e. The Morgan fingerprint density at radius 3 is 1.55 bits per heavy atom. The number of rotatable bonds is 38. The van der Waals surface area contributed by atoms with Crippen molar-refractivity contribution in [1.82, 2.24) is 72.4 Å². The Kier molecular flexibility index (Phi) is 28.3. The van der Waals surface area contributed by atoms with Crippen LogP contribution in [0.3, 0.4) is 0 Å². The summed E-state index contributed by atoms with van der Waals surface area (Å²) in [6, 6.07) is -10.5. The Morgan fingerprint density at radius 1 is 0.588 bits per heavy atom. The Labute approximate surface area is 462 Å². The maximum atomic E-state index is 14.2. The van der Waals surface area contributed by atoms with Crippen LogP contribution in [0.25, 0.3) is 0 Å². The van der Waals surface area contributed by atoms with E-state index in [0.29, 0.717) is 49.3 Å². The van der Waals surface area contributed by atoms with Gasteiger partial charge in [0.05, 0.1) is 31.6 Å². The molecule has 442 valence electrons. The van der Waals surface area contributed by atoms with E-state index < -0.39 is 126 Å². The van der Waals surface area contributed by atoms with Crippen molar-refractivity contribution in [2.45, 2.75) is 153 Å². The number of hydrogen-bond donors (Lipinski definition) is 17. The van der Waals surface area contributed by atoms with Crippen molar-refractivity contribution in [1.29, 1.82) is 0 Å². The van der Waals surface area contributed by atoms with Crippen molar-refractivity contribution in [2.24, 2.45) is 45.5 Å². The van der Waals surface area contributed by atoms with Crippen LogP contribution in [0.2, 0.25) is 0 Å². The average molecular weight is 1130 g/mol. The van der Waals surface area contributed by atoms with E-state index in [1.807, 2.05) is 13.8 Å². The van der Waals surface area contributed by atoms with Crippen molar-refractivity contribution in [3.8, 4) is 0 Å². The van der Waals surface area contributed by atoms with Gasteiger partial charge in [0.15, 0.2) is 5.96 Å². The van der Waals surface area contributed by atoms with E-state index in [4.69, 9.17) is 28.7 Å². The van der Waals surface area contributed by atoms with Gasteiger partial charge in [-0.2, -0.15) is 0 Å². The lowest BCUT2D eigenvalue weighted by Gasteiger charge is -2.28. The minimum Gasteiger partial charge on any atom is -0.480 e. The Balaban J connectivity index is 1.81. The number of H-pyrrole nitrogens is 3. The molecule has 9 atom stereocenters. The van der Waals surface area contributed by atoms with Crippen LogP contribution in [0.1, 0.15) is 103 Å². The van der Waals surface area contributed by atoms with Crippen molar-refractivity contribution in [3.63, 3.8) is 0 Å². The van der Waals surface area contributed by atoms with Gasteiger partial charge in [0.1, 0.15) is 42.3 Å². The van der Waals surface area contributed by atoms with Gasteiger partial charge in [-0.15, -0.1) is 0 Å². The van der Waals surface area contributed by atoms with E-state index in [0.717, 1.165) is 0 Å². The van der Waals surface area contributed by atoms with Gasteiger partial charge in [-0.1, -0.05) is 40.5 Å². The predicted molar refractivity (Wildman–Crippen MR) is 289 cm³/mol. The number of amides is 9. The topological polar surface area (TPSA) is 516 Å². The number of imidazole rings is 3. The number of carboxylic acids is 1. The predicted octanol–water partition coefficient (Wildman–Crippen LogP) is -4.65. The molecule has 31 heteroatoms. The summed E-state index contributed by atoms with van der Waals surface area (Å²) in [5.74, 6) is -9.68. The van der Waals surface area contributed by atoms with Crippen LogP contribution >= 0.6 is 0 Å². The minimum absolute atomic E-state index is 0.0269. The van der Waals surface area contributed by atoms with E-state index in [-0.39, 0.29) is 63.4 Å². The number of aromatic amines is 3. The molecule has 0 saturated heterocycles. The number of aromatic nitrogens is 6. The molecule has 9 amide bonds. The molecule has 3 rings (SSSR count). The molecule has 0 radical (unpaired) electrons. The number of guanidine groups is 1. The standard InChI is InChI=1S/C49H80N20O11/c1-5-27(4)40(47(78)64-33(11-12-38(52)70)44(75)63-32(10-8-14-58-49(53)54)43(74)68-37(48(79)80)18-30-21-57-25-62-30)69-39(71)22-59-42(73)35(16-28-19-55-23-60-28)66-46(77)36(17-29-20-56-24-61-29)67-45(76)34(15-26(2)3)65-41(72)31(51)9-6-7-13-50/h19-21,23-27,31-37,40H,5-18,22,50-51H2,1-4H3,(H2,52,70)(H,55,60)(H,56,61)(H,57,62)(H,59,73)(H,63,75)(H,64,78)(H,65,72)(H,66,77)(H,67,76)(H,68,74)(H,69,71)(H,79,80)(H4,53,54,58)/t27-,31-,32-,33-,34-,35-,36-,37-,40-/m0/s1. The van der Waals surface area contributed by atoms with Gasteiger partial charge in [0.25, 0.3) is 0 Å². The lowest BCUT2D eigenvalue weighted by Crippen LogP contribution is -2.60. The SMILES string of the molecule is CC[C@H](C)[C@H](NC(=O)CNC(=O)[C@H](Cc1cnc[nH]1)NC(=O)[C@H](Cc1cnc[nH]1)NC(=O)[C@H](CC(C)C)NC(=O)[C@@H](N)CCCCN)C(=O)N[C@@H](CCC(N)=O)C(=O)N[C@@H](CCCN=C(N)N)C(=O)N[C@@H](Cc1cnc[nH]1)C(=O)O. The lowest BCUT2D eigenvalue weighted by molar-refractivity contribution is -0.142. The number of carbonyl (C=O) groups excluding carboxylic acids is 9. The van der Waals surface area contributed by atoms with Crippen LogP contribution in [0.5, 0.6) is 0 Å². The summed E-state index contributed by atoms with van der Waals surface area (Å²) in [7, 11) is 0. The first-order chi connectivity index (χ1) is 38.0. The fraction of sp³-hybridized carbons (Fsp3) is 0.592. The second-order valence-corrected chi connectivity index (χ2v) is 19.7. The summed E-state index contributed by atoms with van der Waals surface area (Å²) >= 11 is 0. The maximum Gasteiger partial charge on any atom is 0.326 e. The zero-order valence-corrected chi connectivity index (χ0v) is 45.5. The van der Waals surface area contributed by atoms with Crippen LogP contribution in [0.15, 0.2) is 42.6 Å². The highest BCUT2D eigenvalue weighted by molar-refractivity contribution is 5.97. The van der Waals surface area contributed by atoms with Crippen LogP contribution in [0, 0.1) is 11.8 Å². The van der Waals surface area contributed by atoms with Gasteiger partial charge >= 0.3 is 5.97 Å². The molecule has 3 heterocycles. The molecule has 31 nitrogen and oxygen atoms in total. The van der Waals surface area contributed by atoms with Crippen LogP contribution < -0.4 is 71.2 Å². The minimum atomic E-state index is -1.53. The summed E-state index contributed by atoms with van der Waals surface area (Å²) < 4.78 is 0. The molecule has 0 aromatic carbocycles. The molecule has 0 spiro atoms. The third-order valence-corrected chi connectivity index (χ3v) is 12.6. The van der Waals surface area contributed by atoms with Gasteiger partial charge in [-0.3, -0.25) is 48.1 Å². The molecule has 0 aliphatic carbocycles. The average Bonchev–Trinajstić information content (AvgIpc) is 4.24. The molecule has 3 aromatic heterocycles. The number of nitrogens with one attached hydrogen (secondary N) is 11. The van der Waals surface area contributed by atoms with Crippen molar-refractivity contribution in [3.05, 3.63) is 54.7 Å². The fourth-order valence-corrected chi connectivity index (χ4v) is 7.98. The number of nitrogens with zero attached hydrogens (tertiary/aromatic N) is 4. The highest BCUT2D eigenvalue weighted by atomic mass is 16.4. The molecule has 0 bridgehead atoms. The summed E-state index contributed by atoms with van der Waals surface area (Å²) in [5, 5.41) is 30.5. The third-order valence-electron chi connectivity index (χ3n) is 12.6. The van der Waals surface area contributed by atoms with Crippen molar-refractivity contribution in [2.75, 3.05) is 19.6 Å². The monoisotopic (exact) mass is 1120 g/mol. The summed E-state index contributed by atoms with van der Waals surface area (Å²) in [4.78, 5) is 159. The molecule has 0 saturated carbocycles. The van der Waals surface area contributed by atoms with Crippen LogP contribution in [-0.2, 0) is 67.2 Å². The summed E-state index contributed by atoms with van der Waals surface area (Å²) in [6.07, 6.45) is 9.16. The highest BCUT2D eigenvalue weighted by Gasteiger charge is 2.35. The number of hydrogen-bond acceptors (Lipinski definition) is 16. The lowest BCUT2D eigenvalue weighted by atomic mass is 9.97. The van der Waals surface area contributed by atoms with Gasteiger partial charge < -0.3 is 91.3 Å². The molecule has 0 aliphatic heterocycles. The van der Waals surface area contributed by atoms with Crippen molar-refractivity contribution < 1.29 is 53.1 Å². The number of carboxylic acid groups (broad SMARTS) is 1. The van der Waals surface area contributed by atoms with E-state index >= 15 is 0 Å². The molecule has 22 N–H and O–H groups in total. The maximum absolute atomic E-state index is 14.2. The zero-order valence-electron chi connectivity index (χ0n) is 45.5. The van der Waals surface area contributed by atoms with Gasteiger partial charge in [0.2, 0.25) is 53.2 Å². The van der Waals surface area contributed by atoms with Gasteiger partial charge in [0, 0.05) is 67.9 Å². The number of unbranched alkanes of at least 4 members (excludes halogenated alkanes) is 1. The molecule has 80 heavy (non-hydrogen) atoms. The smallest absolute Gasteiger partial charge is 0.326 e. The summed E-state index contributed by atoms with van der Waals surface area (Å²) in [6.45, 7) is 6.79. The first kappa shape index (κ1) is 65.8. The molecular weight excluding hydrogens is 1040 g/mol. The molecule has 0 unspecified atom stereocenters. The highest BCUT2D eigenvalue weighted by Crippen LogP contribution is 2.13. The quantitative estimate of drug-likeness (QED) is 0.0146. The van der Waals surface area contributed by atoms with E-state index in [2.05, 4.69) is 77.4 Å². The molecular formula is C49H80N20O11. The van der Waals surface area contributed by atoms with E-state index in [1.165, 1.54) is 37.6 Å². The van der Waals surface area contributed by atoms with E-state index in [9.17, 15) is 53.1 Å². The number of aliphatic carboxylic acids is 1. The molecule has 0 aliphatic rings. The summed E-state index contributed by atoms with van der Waals surface area (Å²) in [5.41, 5.74) is 29.3. The molecule has 3 aromatic rings. The first-order valence-electron chi connectivity index (χ1n) is 26.3. The second kappa shape index (κ2) is 34.4. The number of carbonyl (C=O) groups is 10. The number of aliphatic imine (C=N–C) groups is 1. The Hall–Kier alpha value is -8.48. The Morgan fingerprint density at radius 2 is 1.06 bits per heavy atom. The second-order valence-electron chi connectivity index (χ2n) is 19.7. The first-order valence-corrected chi connectivity index (χ1v) is 26.3. The van der Waals surface area contributed by atoms with Gasteiger partial charge in [-0.05, 0) is 56.9 Å². The van der Waals surface area contributed by atoms with Crippen LogP contribution in [-0.4, -0.2) is 168 Å². The van der Waals surface area contributed by atoms with E-state index in [1.54, 1.807) is 13.8 Å². The Bertz CT molecular complexity index is 2480. The fourth-order valence-electron chi connectivity index (χ4n) is 7.98. The number of primary amides is 1. The number of nitrogens with two attached hydrogens (primary N) is 5. The third kappa shape index (κ3) is 24.0. The van der Waals surface area contributed by atoms with Gasteiger partial charge in [-0.25, -0.2) is 19.7 Å².